The minimum atomic E-state index is -0.118. The molecule has 0 amide bonds. The van der Waals surface area contributed by atoms with E-state index in [9.17, 15) is 4.39 Å². The van der Waals surface area contributed by atoms with Crippen LogP contribution in [0, 0.1) is 0 Å². The molecule has 0 aromatic carbocycles. The fraction of sp³-hybridized carbons (Fsp3) is 0.375. The second-order valence-electron chi connectivity index (χ2n) is 2.56. The highest BCUT2D eigenvalue weighted by Gasteiger charge is 2.12. The molecule has 0 aliphatic heterocycles. The van der Waals surface area contributed by atoms with Crippen molar-refractivity contribution in [3.63, 3.8) is 0 Å². The highest BCUT2D eigenvalue weighted by molar-refractivity contribution is 7.07. The average Bonchev–Trinajstić information content (AvgIpc) is 2.54. The molecule has 0 bridgehead atoms. The van der Waals surface area contributed by atoms with Gasteiger partial charge in [-0.25, -0.2) is 9.37 Å². The van der Waals surface area contributed by atoms with Crippen LogP contribution in [-0.2, 0) is 4.74 Å². The lowest BCUT2D eigenvalue weighted by molar-refractivity contribution is 0.347. The first kappa shape index (κ1) is 7.73. The number of aromatic nitrogens is 1. The number of nitrogens with zero attached hydrogens (tertiary/aromatic N) is 1. The Morgan fingerprint density at radius 1 is 1.58 bits per heavy atom. The van der Waals surface area contributed by atoms with Gasteiger partial charge in [-0.05, 0) is 0 Å². The quantitative estimate of drug-likeness (QED) is 0.644. The fourth-order valence-electron chi connectivity index (χ4n) is 1.29. The summed E-state index contributed by atoms with van der Waals surface area (Å²) in [6.07, 6.45) is 1.07. The third-order valence-electron chi connectivity index (χ3n) is 1.90. The van der Waals surface area contributed by atoms with Crippen molar-refractivity contribution < 1.29 is 9.13 Å². The van der Waals surface area contributed by atoms with Crippen molar-refractivity contribution >= 4 is 22.9 Å². The van der Waals surface area contributed by atoms with Crippen LogP contribution in [0.4, 0.5) is 4.39 Å². The summed E-state index contributed by atoms with van der Waals surface area (Å²) in [4.78, 5) is 3.94. The number of hydrogen-bond acceptors (Lipinski definition) is 3. The van der Waals surface area contributed by atoms with Gasteiger partial charge in [0.25, 0.3) is 0 Å². The van der Waals surface area contributed by atoms with Gasteiger partial charge < -0.3 is 4.74 Å². The molecule has 1 aromatic heterocycles. The zero-order valence-electron chi connectivity index (χ0n) is 6.63. The smallest absolute Gasteiger partial charge is 0.128 e. The summed E-state index contributed by atoms with van der Waals surface area (Å²) in [6, 6.07) is 0. The van der Waals surface area contributed by atoms with E-state index in [1.54, 1.807) is 12.6 Å². The highest BCUT2D eigenvalue weighted by atomic mass is 32.1. The second kappa shape index (κ2) is 2.86. The molecule has 1 aliphatic rings. The van der Waals surface area contributed by atoms with Crippen molar-refractivity contribution in [3.8, 4) is 0 Å². The zero-order chi connectivity index (χ0) is 8.55. The number of fused-ring (bicyclic) bond motifs is 1. The monoisotopic (exact) mass is 185 g/mol. The Labute approximate surface area is 73.0 Å². The SMILES string of the molecule is COC1=c2scnc2=C(F)CC1. The van der Waals surface area contributed by atoms with Crippen LogP contribution in [0.1, 0.15) is 12.8 Å². The summed E-state index contributed by atoms with van der Waals surface area (Å²) in [5, 5.41) is 0.475. The molecule has 2 rings (SSSR count). The Morgan fingerprint density at radius 3 is 3.17 bits per heavy atom. The highest BCUT2D eigenvalue weighted by Crippen LogP contribution is 2.15. The molecule has 0 N–H and O–H groups in total. The van der Waals surface area contributed by atoms with Crippen LogP contribution in [0.25, 0.3) is 11.6 Å². The lowest BCUT2D eigenvalue weighted by Gasteiger charge is -2.07. The van der Waals surface area contributed by atoms with Crippen molar-refractivity contribution in [1.82, 2.24) is 4.98 Å². The Balaban J connectivity index is 2.82. The Hall–Kier alpha value is -0.900. The molecular weight excluding hydrogens is 177 g/mol. The summed E-state index contributed by atoms with van der Waals surface area (Å²) in [7, 11) is 1.61. The maximum Gasteiger partial charge on any atom is 0.128 e. The maximum atomic E-state index is 13.1. The molecule has 4 heteroatoms. The van der Waals surface area contributed by atoms with Crippen LogP contribution < -0.4 is 9.88 Å². The predicted molar refractivity (Wildman–Crippen MR) is 45.5 cm³/mol. The number of thiazole rings is 1. The molecular formula is C8H8FNOS. The van der Waals surface area contributed by atoms with E-state index >= 15 is 0 Å². The molecule has 64 valence electrons. The van der Waals surface area contributed by atoms with Crippen LogP contribution in [0.2, 0.25) is 0 Å². The molecule has 1 aliphatic carbocycles. The lowest BCUT2D eigenvalue weighted by Crippen LogP contribution is -2.29. The molecule has 1 aromatic rings. The molecule has 1 heterocycles. The van der Waals surface area contributed by atoms with Gasteiger partial charge in [0.2, 0.25) is 0 Å². The van der Waals surface area contributed by atoms with Gasteiger partial charge in [0.15, 0.2) is 0 Å². The number of rotatable bonds is 1. The van der Waals surface area contributed by atoms with E-state index in [2.05, 4.69) is 4.98 Å². The van der Waals surface area contributed by atoms with Crippen LogP contribution in [0.15, 0.2) is 5.51 Å². The van der Waals surface area contributed by atoms with Gasteiger partial charge in [0.05, 0.1) is 17.2 Å². The first-order valence-corrected chi connectivity index (χ1v) is 4.56. The van der Waals surface area contributed by atoms with E-state index in [1.165, 1.54) is 11.3 Å². The third-order valence-corrected chi connectivity index (χ3v) is 2.76. The topological polar surface area (TPSA) is 22.1 Å². The minimum absolute atomic E-state index is 0.118. The first-order chi connectivity index (χ1) is 5.83. The molecule has 0 radical (unpaired) electrons. The average molecular weight is 185 g/mol. The van der Waals surface area contributed by atoms with Gasteiger partial charge in [-0.2, -0.15) is 0 Å². The van der Waals surface area contributed by atoms with Crippen molar-refractivity contribution in [3.05, 3.63) is 15.4 Å². The van der Waals surface area contributed by atoms with Crippen LogP contribution in [0.5, 0.6) is 0 Å². The van der Waals surface area contributed by atoms with Gasteiger partial charge in [0, 0.05) is 12.8 Å². The molecule has 0 saturated heterocycles. The van der Waals surface area contributed by atoms with Crippen molar-refractivity contribution in [1.29, 1.82) is 0 Å². The lowest BCUT2D eigenvalue weighted by atomic mass is 10.2. The molecule has 0 spiro atoms. The zero-order valence-corrected chi connectivity index (χ0v) is 7.45. The largest absolute Gasteiger partial charge is 0.500 e. The molecule has 2 nitrogen and oxygen atoms in total. The summed E-state index contributed by atoms with van der Waals surface area (Å²) < 4.78 is 19.1. The number of hydrogen-bond donors (Lipinski definition) is 0. The summed E-state index contributed by atoms with van der Waals surface area (Å²) >= 11 is 1.43. The third kappa shape index (κ3) is 1.03. The minimum Gasteiger partial charge on any atom is -0.500 e. The van der Waals surface area contributed by atoms with Gasteiger partial charge in [-0.15, -0.1) is 11.3 Å². The second-order valence-corrected chi connectivity index (χ2v) is 3.42. The van der Waals surface area contributed by atoms with Gasteiger partial charge in [-0.1, -0.05) is 0 Å². The van der Waals surface area contributed by atoms with Gasteiger partial charge >= 0.3 is 0 Å². The molecule has 0 atom stereocenters. The Morgan fingerprint density at radius 2 is 2.42 bits per heavy atom. The first-order valence-electron chi connectivity index (χ1n) is 3.68. The van der Waals surface area contributed by atoms with Crippen molar-refractivity contribution in [2.24, 2.45) is 0 Å². The summed E-state index contributed by atoms with van der Waals surface area (Å²) in [6.45, 7) is 0. The number of methoxy groups -OCH3 is 1. The summed E-state index contributed by atoms with van der Waals surface area (Å²) in [5.41, 5.74) is 1.65. The molecule has 0 unspecified atom stereocenters. The van der Waals surface area contributed by atoms with E-state index in [-0.39, 0.29) is 5.83 Å². The number of ether oxygens (including phenoxy) is 1. The summed E-state index contributed by atoms with van der Waals surface area (Å²) in [5.74, 6) is 0.737. The maximum absolute atomic E-state index is 13.1. The van der Waals surface area contributed by atoms with E-state index in [0.717, 1.165) is 10.3 Å². The van der Waals surface area contributed by atoms with E-state index in [4.69, 9.17) is 4.74 Å². The van der Waals surface area contributed by atoms with E-state index in [0.29, 0.717) is 18.2 Å². The Kier molecular flexibility index (Phi) is 1.84. The number of halogens is 1. The van der Waals surface area contributed by atoms with E-state index in [1.807, 2.05) is 0 Å². The van der Waals surface area contributed by atoms with Crippen LogP contribution >= 0.6 is 11.3 Å². The van der Waals surface area contributed by atoms with E-state index < -0.39 is 0 Å². The van der Waals surface area contributed by atoms with Crippen molar-refractivity contribution in [2.45, 2.75) is 12.8 Å². The van der Waals surface area contributed by atoms with Gasteiger partial charge in [0.1, 0.15) is 16.9 Å². The van der Waals surface area contributed by atoms with Crippen molar-refractivity contribution in [2.75, 3.05) is 7.11 Å². The molecule has 12 heavy (non-hydrogen) atoms. The standard InChI is InChI=1S/C8H8FNOS/c1-11-6-3-2-5(9)7-8(6)12-4-10-7/h4H,2-3H2,1H3. The molecule has 0 fully saturated rings. The molecule has 0 saturated carbocycles. The van der Waals surface area contributed by atoms with Crippen LogP contribution in [-0.4, -0.2) is 12.1 Å². The fourth-order valence-corrected chi connectivity index (χ4v) is 2.14. The van der Waals surface area contributed by atoms with Gasteiger partial charge in [-0.3, -0.25) is 0 Å². The Bertz CT molecular complexity index is 409. The normalized spacial score (nSPS) is 16.2. The van der Waals surface area contributed by atoms with Crippen LogP contribution in [0.3, 0.4) is 0 Å². The predicted octanol–water partition coefficient (Wildman–Crippen LogP) is 0.769.